The maximum Gasteiger partial charge on any atom is 0.261 e. The molecule has 0 saturated carbocycles. The Balaban J connectivity index is 2.20. The van der Waals surface area contributed by atoms with Gasteiger partial charge in [-0.3, -0.25) is 4.79 Å². The van der Waals surface area contributed by atoms with Gasteiger partial charge in [-0.25, -0.2) is 8.42 Å². The second-order valence-corrected chi connectivity index (χ2v) is 7.28. The predicted molar refractivity (Wildman–Crippen MR) is 74.0 cm³/mol. The fourth-order valence-corrected chi connectivity index (χ4v) is 4.50. The van der Waals surface area contributed by atoms with Crippen molar-refractivity contribution >= 4 is 27.3 Å². The summed E-state index contributed by atoms with van der Waals surface area (Å²) in [5.41, 5.74) is 0. The first-order valence-electron chi connectivity index (χ1n) is 5.94. The third kappa shape index (κ3) is 2.97. The lowest BCUT2D eigenvalue weighted by Crippen LogP contribution is -2.46. The van der Waals surface area contributed by atoms with Crippen LogP contribution in [-0.2, 0) is 10.0 Å². The number of rotatable bonds is 3. The van der Waals surface area contributed by atoms with Gasteiger partial charge in [0, 0.05) is 38.6 Å². The number of thiophene rings is 1. The van der Waals surface area contributed by atoms with E-state index in [2.05, 4.69) is 10.2 Å². The molecule has 19 heavy (non-hydrogen) atoms. The molecule has 1 aliphatic heterocycles. The standard InChI is InChI=1S/C11H17N3O3S2/c1-12-11(15)10-7-9(8-18-10)19(16,17)14-5-3-13(2)4-6-14/h7-8H,3-6H2,1-2H3,(H,12,15). The maximum atomic E-state index is 12.4. The van der Waals surface area contributed by atoms with Gasteiger partial charge in [-0.1, -0.05) is 0 Å². The zero-order valence-corrected chi connectivity index (χ0v) is 12.6. The Morgan fingerprint density at radius 3 is 2.53 bits per heavy atom. The lowest BCUT2D eigenvalue weighted by atomic mass is 10.4. The van der Waals surface area contributed by atoms with E-state index in [1.54, 1.807) is 0 Å². The Labute approximate surface area is 117 Å². The van der Waals surface area contributed by atoms with Crippen molar-refractivity contribution in [1.82, 2.24) is 14.5 Å². The van der Waals surface area contributed by atoms with Crippen molar-refractivity contribution in [3.63, 3.8) is 0 Å². The van der Waals surface area contributed by atoms with Crippen molar-refractivity contribution in [3.8, 4) is 0 Å². The lowest BCUT2D eigenvalue weighted by Gasteiger charge is -2.31. The molecule has 0 spiro atoms. The number of amides is 1. The highest BCUT2D eigenvalue weighted by Gasteiger charge is 2.28. The molecule has 8 heteroatoms. The fraction of sp³-hybridized carbons (Fsp3) is 0.545. The fourth-order valence-electron chi connectivity index (χ4n) is 1.87. The van der Waals surface area contributed by atoms with Crippen molar-refractivity contribution in [2.75, 3.05) is 40.3 Å². The molecule has 1 aromatic heterocycles. The third-order valence-electron chi connectivity index (χ3n) is 3.13. The number of sulfonamides is 1. The first-order valence-corrected chi connectivity index (χ1v) is 8.26. The number of carbonyl (C=O) groups excluding carboxylic acids is 1. The Morgan fingerprint density at radius 1 is 1.32 bits per heavy atom. The van der Waals surface area contributed by atoms with Crippen LogP contribution in [0.3, 0.4) is 0 Å². The summed E-state index contributed by atoms with van der Waals surface area (Å²) in [7, 11) is 0.0257. The number of piperazine rings is 1. The summed E-state index contributed by atoms with van der Waals surface area (Å²) in [6, 6.07) is 1.44. The van der Waals surface area contributed by atoms with Crippen molar-refractivity contribution < 1.29 is 13.2 Å². The molecule has 1 saturated heterocycles. The van der Waals surface area contributed by atoms with Crippen LogP contribution in [-0.4, -0.2) is 63.8 Å². The van der Waals surface area contributed by atoms with Gasteiger partial charge >= 0.3 is 0 Å². The van der Waals surface area contributed by atoms with Gasteiger partial charge in [0.05, 0.1) is 9.77 Å². The molecular weight excluding hydrogens is 286 g/mol. The van der Waals surface area contributed by atoms with Gasteiger partial charge in [-0.05, 0) is 13.1 Å². The number of hydrogen-bond donors (Lipinski definition) is 1. The number of nitrogens with zero attached hydrogens (tertiary/aromatic N) is 2. The summed E-state index contributed by atoms with van der Waals surface area (Å²) in [4.78, 5) is 14.2. The van der Waals surface area contributed by atoms with Crippen LogP contribution < -0.4 is 5.32 Å². The number of carbonyl (C=O) groups is 1. The van der Waals surface area contributed by atoms with Gasteiger partial charge in [0.1, 0.15) is 0 Å². The molecule has 1 amide bonds. The van der Waals surface area contributed by atoms with Crippen molar-refractivity contribution in [2.24, 2.45) is 0 Å². The van der Waals surface area contributed by atoms with Gasteiger partial charge in [-0.2, -0.15) is 4.31 Å². The highest BCUT2D eigenvalue weighted by molar-refractivity contribution is 7.89. The third-order valence-corrected chi connectivity index (χ3v) is 6.08. The second-order valence-electron chi connectivity index (χ2n) is 4.43. The monoisotopic (exact) mass is 303 g/mol. The molecule has 1 N–H and O–H groups in total. The highest BCUT2D eigenvalue weighted by atomic mass is 32.2. The van der Waals surface area contributed by atoms with Crippen LogP contribution in [0.4, 0.5) is 0 Å². The van der Waals surface area contributed by atoms with E-state index in [9.17, 15) is 13.2 Å². The smallest absolute Gasteiger partial charge is 0.261 e. The molecule has 0 unspecified atom stereocenters. The van der Waals surface area contributed by atoms with Gasteiger partial charge < -0.3 is 10.2 Å². The molecule has 0 bridgehead atoms. The summed E-state index contributed by atoms with van der Waals surface area (Å²) in [5, 5.41) is 4.01. The number of likely N-dealkylation sites (N-methyl/N-ethyl adjacent to an activating group) is 1. The van der Waals surface area contributed by atoms with Crippen molar-refractivity contribution in [3.05, 3.63) is 16.3 Å². The first kappa shape index (κ1) is 14.4. The lowest BCUT2D eigenvalue weighted by molar-refractivity contribution is 0.0967. The molecule has 1 aliphatic rings. The molecule has 0 radical (unpaired) electrons. The SMILES string of the molecule is CNC(=O)c1cc(S(=O)(=O)N2CCN(C)CC2)cs1. The molecule has 6 nitrogen and oxygen atoms in total. The Hall–Kier alpha value is -0.960. The van der Waals surface area contributed by atoms with Crippen molar-refractivity contribution in [2.45, 2.75) is 4.90 Å². The normalized spacial score (nSPS) is 18.4. The summed E-state index contributed by atoms with van der Waals surface area (Å²) < 4.78 is 26.3. The van der Waals surface area contributed by atoms with E-state index in [0.717, 1.165) is 24.4 Å². The van der Waals surface area contributed by atoms with Crippen LogP contribution in [0.5, 0.6) is 0 Å². The van der Waals surface area contributed by atoms with E-state index in [4.69, 9.17) is 0 Å². The minimum atomic E-state index is -3.47. The molecule has 0 atom stereocenters. The largest absolute Gasteiger partial charge is 0.354 e. The quantitative estimate of drug-likeness (QED) is 0.856. The van der Waals surface area contributed by atoms with Gasteiger partial charge in [-0.15, -0.1) is 11.3 Å². The molecule has 2 heterocycles. The van der Waals surface area contributed by atoms with E-state index >= 15 is 0 Å². The summed E-state index contributed by atoms with van der Waals surface area (Å²) in [6.07, 6.45) is 0. The average molecular weight is 303 g/mol. The van der Waals surface area contributed by atoms with Crippen LogP contribution in [0, 0.1) is 0 Å². The van der Waals surface area contributed by atoms with Crippen molar-refractivity contribution in [1.29, 1.82) is 0 Å². The maximum absolute atomic E-state index is 12.4. The molecule has 0 aromatic carbocycles. The Bertz CT molecular complexity index is 559. The van der Waals surface area contributed by atoms with Crippen LogP contribution in [0.2, 0.25) is 0 Å². The Morgan fingerprint density at radius 2 is 1.95 bits per heavy atom. The molecular formula is C11H17N3O3S2. The molecule has 2 rings (SSSR count). The molecule has 1 fully saturated rings. The summed E-state index contributed by atoms with van der Waals surface area (Å²) in [5.74, 6) is -0.259. The zero-order valence-electron chi connectivity index (χ0n) is 10.9. The predicted octanol–water partition coefficient (Wildman–Crippen LogP) is 0.0438. The van der Waals surface area contributed by atoms with Crippen LogP contribution >= 0.6 is 11.3 Å². The van der Waals surface area contributed by atoms with Gasteiger partial charge in [0.25, 0.3) is 5.91 Å². The molecule has 1 aromatic rings. The minimum Gasteiger partial charge on any atom is -0.354 e. The molecule has 106 valence electrons. The second kappa shape index (κ2) is 5.58. The Kier molecular flexibility index (Phi) is 4.24. The number of nitrogens with one attached hydrogen (secondary N) is 1. The first-order chi connectivity index (χ1) is 8.95. The van der Waals surface area contributed by atoms with Crippen LogP contribution in [0.1, 0.15) is 9.67 Å². The topological polar surface area (TPSA) is 69.7 Å². The van der Waals surface area contributed by atoms with E-state index in [1.807, 2.05) is 7.05 Å². The van der Waals surface area contributed by atoms with Gasteiger partial charge in [0.2, 0.25) is 10.0 Å². The van der Waals surface area contributed by atoms with E-state index in [0.29, 0.717) is 18.0 Å². The van der Waals surface area contributed by atoms with Gasteiger partial charge in [0.15, 0.2) is 0 Å². The van der Waals surface area contributed by atoms with E-state index in [1.165, 1.54) is 22.8 Å². The van der Waals surface area contributed by atoms with E-state index in [-0.39, 0.29) is 10.8 Å². The van der Waals surface area contributed by atoms with Crippen LogP contribution in [0.25, 0.3) is 0 Å². The van der Waals surface area contributed by atoms with E-state index < -0.39 is 10.0 Å². The zero-order chi connectivity index (χ0) is 14.0. The van der Waals surface area contributed by atoms with Crippen LogP contribution in [0.15, 0.2) is 16.3 Å². The average Bonchev–Trinajstić information content (AvgIpc) is 2.88. The summed E-state index contributed by atoms with van der Waals surface area (Å²) >= 11 is 1.15. The summed E-state index contributed by atoms with van der Waals surface area (Å²) in [6.45, 7) is 2.44. The highest BCUT2D eigenvalue weighted by Crippen LogP contribution is 2.23. The molecule has 0 aliphatic carbocycles. The number of hydrogen-bond acceptors (Lipinski definition) is 5. The minimum absolute atomic E-state index is 0.209.